The van der Waals surface area contributed by atoms with Gasteiger partial charge in [0, 0.05) is 21.3 Å². The fourth-order valence-corrected chi connectivity index (χ4v) is 4.39. The van der Waals surface area contributed by atoms with Gasteiger partial charge >= 0.3 is 5.97 Å². The van der Waals surface area contributed by atoms with Gasteiger partial charge in [0.25, 0.3) is 5.91 Å². The van der Waals surface area contributed by atoms with Gasteiger partial charge in [-0.3, -0.25) is 9.69 Å². The highest BCUT2D eigenvalue weighted by Gasteiger charge is 2.37. The summed E-state index contributed by atoms with van der Waals surface area (Å²) in [5.41, 5.74) is 1.87. The Labute approximate surface area is 189 Å². The summed E-state index contributed by atoms with van der Waals surface area (Å²) in [6.07, 6.45) is 1.83. The van der Waals surface area contributed by atoms with E-state index >= 15 is 0 Å². The number of aliphatic imine (C=N–C) groups is 1. The highest BCUT2D eigenvalue weighted by molar-refractivity contribution is 8.13. The lowest BCUT2D eigenvalue weighted by Gasteiger charge is -2.33. The number of thioether (sulfide) groups is 1. The number of amides is 1. The molecule has 156 valence electrons. The van der Waals surface area contributed by atoms with Crippen molar-refractivity contribution in [2.45, 2.75) is 19.9 Å². The number of ether oxygens (including phenoxy) is 1. The molecule has 2 aromatic carbocycles. The van der Waals surface area contributed by atoms with E-state index in [9.17, 15) is 9.59 Å². The van der Waals surface area contributed by atoms with Crippen molar-refractivity contribution in [1.29, 1.82) is 0 Å². The molecule has 0 radical (unpaired) electrons. The van der Waals surface area contributed by atoms with Crippen molar-refractivity contribution in [2.75, 3.05) is 12.9 Å². The lowest BCUT2D eigenvalue weighted by molar-refractivity contribution is -0.139. The Hall–Kier alpha value is -2.28. The van der Waals surface area contributed by atoms with Crippen LogP contribution in [0.4, 0.5) is 0 Å². The van der Waals surface area contributed by atoms with E-state index in [-0.39, 0.29) is 18.1 Å². The van der Waals surface area contributed by atoms with Crippen LogP contribution in [-0.2, 0) is 9.53 Å². The number of allylic oxidation sites excluding steroid dienone is 1. The molecule has 0 aliphatic carbocycles. The maximum atomic E-state index is 13.3. The number of halogens is 2. The third-order valence-electron chi connectivity index (χ3n) is 4.53. The first-order chi connectivity index (χ1) is 14.4. The summed E-state index contributed by atoms with van der Waals surface area (Å²) in [5, 5.41) is 1.33. The second kappa shape index (κ2) is 9.69. The van der Waals surface area contributed by atoms with Crippen molar-refractivity contribution < 1.29 is 14.3 Å². The van der Waals surface area contributed by atoms with Crippen LogP contribution in [0.5, 0.6) is 0 Å². The lowest BCUT2D eigenvalue weighted by atomic mass is 9.95. The Morgan fingerprint density at radius 2 is 1.77 bits per heavy atom. The first-order valence-electron chi connectivity index (χ1n) is 9.22. The Kier molecular flexibility index (Phi) is 7.23. The quantitative estimate of drug-likeness (QED) is 0.542. The molecule has 0 saturated heterocycles. The Balaban J connectivity index is 2.17. The predicted octanol–water partition coefficient (Wildman–Crippen LogP) is 5.75. The molecule has 0 spiro atoms. The van der Waals surface area contributed by atoms with Crippen LogP contribution in [0.3, 0.4) is 0 Å². The number of carbonyl (C=O) groups is 2. The number of hydrogen-bond acceptors (Lipinski definition) is 5. The molecule has 3 rings (SSSR count). The van der Waals surface area contributed by atoms with E-state index < -0.39 is 12.0 Å². The van der Waals surface area contributed by atoms with Gasteiger partial charge in [0.2, 0.25) is 0 Å². The minimum atomic E-state index is -0.692. The molecule has 0 unspecified atom stereocenters. The second-order valence-corrected chi connectivity index (χ2v) is 8.09. The van der Waals surface area contributed by atoms with Crippen molar-refractivity contribution in [3.63, 3.8) is 0 Å². The number of benzene rings is 2. The number of rotatable bonds is 4. The topological polar surface area (TPSA) is 59.0 Å². The summed E-state index contributed by atoms with van der Waals surface area (Å²) in [7, 11) is 0. The van der Waals surface area contributed by atoms with Gasteiger partial charge in [0.15, 0.2) is 5.17 Å². The average Bonchev–Trinajstić information content (AvgIpc) is 2.72. The molecule has 1 amide bonds. The van der Waals surface area contributed by atoms with Crippen molar-refractivity contribution in [3.05, 3.63) is 81.0 Å². The number of carbonyl (C=O) groups excluding carboxylic acids is 2. The first-order valence-corrected chi connectivity index (χ1v) is 11.2. The van der Waals surface area contributed by atoms with E-state index in [1.807, 2.05) is 12.3 Å². The summed E-state index contributed by atoms with van der Waals surface area (Å²) in [6.45, 7) is 3.65. The van der Waals surface area contributed by atoms with E-state index in [1.54, 1.807) is 56.3 Å². The molecule has 1 atom stereocenters. The molecule has 30 heavy (non-hydrogen) atoms. The minimum Gasteiger partial charge on any atom is -0.463 e. The van der Waals surface area contributed by atoms with Crippen LogP contribution >= 0.6 is 35.0 Å². The van der Waals surface area contributed by atoms with Crippen LogP contribution in [0.2, 0.25) is 10.0 Å². The van der Waals surface area contributed by atoms with Gasteiger partial charge in [-0.05, 0) is 56.0 Å². The molecule has 0 aromatic heterocycles. The van der Waals surface area contributed by atoms with Crippen LogP contribution in [0, 0.1) is 0 Å². The van der Waals surface area contributed by atoms with Gasteiger partial charge < -0.3 is 4.74 Å². The lowest BCUT2D eigenvalue weighted by Crippen LogP contribution is -2.39. The highest BCUT2D eigenvalue weighted by atomic mass is 35.5. The van der Waals surface area contributed by atoms with Gasteiger partial charge in [-0.1, -0.05) is 53.2 Å². The minimum absolute atomic E-state index is 0.199. The molecule has 1 aliphatic rings. The van der Waals surface area contributed by atoms with E-state index in [4.69, 9.17) is 32.9 Å². The fraction of sp³-hybridized carbons (Fsp3) is 0.227. The molecular formula is C22H20Cl2N2O3S. The molecule has 0 bridgehead atoms. The molecule has 0 N–H and O–H groups in total. The van der Waals surface area contributed by atoms with Crippen LogP contribution < -0.4 is 0 Å². The maximum absolute atomic E-state index is 13.3. The van der Waals surface area contributed by atoms with E-state index in [0.717, 1.165) is 0 Å². The summed E-state index contributed by atoms with van der Waals surface area (Å²) in [4.78, 5) is 32.3. The molecule has 8 heteroatoms. The third kappa shape index (κ3) is 4.56. The fourth-order valence-electron chi connectivity index (χ4n) is 3.23. The van der Waals surface area contributed by atoms with Crippen LogP contribution in [0.15, 0.2) is 64.8 Å². The number of esters is 1. The molecular weight excluding hydrogens is 443 g/mol. The van der Waals surface area contributed by atoms with Crippen molar-refractivity contribution in [2.24, 2.45) is 4.99 Å². The van der Waals surface area contributed by atoms with Crippen LogP contribution in [0.25, 0.3) is 0 Å². The highest BCUT2D eigenvalue weighted by Crippen LogP contribution is 2.38. The molecule has 0 saturated carbocycles. The van der Waals surface area contributed by atoms with Crippen molar-refractivity contribution in [3.8, 4) is 0 Å². The monoisotopic (exact) mass is 462 g/mol. The summed E-state index contributed by atoms with van der Waals surface area (Å²) in [5.74, 6) is -0.809. The summed E-state index contributed by atoms with van der Waals surface area (Å²) < 4.78 is 5.29. The first kappa shape index (κ1) is 22.4. The largest absolute Gasteiger partial charge is 0.463 e. The normalized spacial score (nSPS) is 16.4. The summed E-state index contributed by atoms with van der Waals surface area (Å²) in [6, 6.07) is 13.2. The Bertz CT molecular complexity index is 1020. The second-order valence-electron chi connectivity index (χ2n) is 6.45. The Morgan fingerprint density at radius 1 is 1.13 bits per heavy atom. The zero-order chi connectivity index (χ0) is 21.8. The Morgan fingerprint density at radius 3 is 2.33 bits per heavy atom. The number of hydrogen-bond donors (Lipinski definition) is 0. The van der Waals surface area contributed by atoms with Gasteiger partial charge in [-0.15, -0.1) is 0 Å². The van der Waals surface area contributed by atoms with Crippen molar-refractivity contribution >= 4 is 52.0 Å². The van der Waals surface area contributed by atoms with Gasteiger partial charge in [-0.25, -0.2) is 9.79 Å². The molecule has 1 aliphatic heterocycles. The average molecular weight is 463 g/mol. The predicted molar refractivity (Wildman–Crippen MR) is 122 cm³/mol. The molecule has 1 heterocycles. The smallest absolute Gasteiger partial charge is 0.338 e. The van der Waals surface area contributed by atoms with E-state index in [1.165, 1.54) is 16.7 Å². The standard InChI is InChI=1S/C22H20Cl2N2O3S/c1-4-29-21(28)18-13(2)26(20(27)14-8-6-5-7-9-14)22(30-3)25-19(18)15-10-16(23)12-17(24)11-15/h5-12,19H,4H2,1-3H3/t19-/m1/s1. The SMILES string of the molecule is CCOC(=O)C1=C(C)N(C(=O)c2ccccc2)C(SC)=N[C@@H]1c1cc(Cl)cc(Cl)c1. The van der Waals surface area contributed by atoms with Gasteiger partial charge in [0.05, 0.1) is 12.2 Å². The zero-order valence-corrected chi connectivity index (χ0v) is 19.0. The van der Waals surface area contributed by atoms with Crippen LogP contribution in [-0.4, -0.2) is 34.8 Å². The van der Waals surface area contributed by atoms with Gasteiger partial charge in [-0.2, -0.15) is 0 Å². The zero-order valence-electron chi connectivity index (χ0n) is 16.7. The maximum Gasteiger partial charge on any atom is 0.338 e. The summed E-state index contributed by atoms with van der Waals surface area (Å²) >= 11 is 13.7. The third-order valence-corrected chi connectivity index (χ3v) is 5.62. The van der Waals surface area contributed by atoms with E-state index in [2.05, 4.69) is 0 Å². The van der Waals surface area contributed by atoms with E-state index in [0.29, 0.717) is 32.0 Å². The number of amidine groups is 1. The van der Waals surface area contributed by atoms with Crippen molar-refractivity contribution in [1.82, 2.24) is 4.90 Å². The molecule has 2 aromatic rings. The molecule has 5 nitrogen and oxygen atoms in total. The van der Waals surface area contributed by atoms with Crippen LogP contribution in [0.1, 0.15) is 35.8 Å². The number of nitrogens with zero attached hydrogens (tertiary/aromatic N) is 2. The van der Waals surface area contributed by atoms with Gasteiger partial charge in [0.1, 0.15) is 6.04 Å². The molecule has 0 fully saturated rings.